The Balaban J connectivity index is 1.19. The maximum absolute atomic E-state index is 9.30. The van der Waals surface area contributed by atoms with Gasteiger partial charge in [-0.1, -0.05) is 74.5 Å². The third-order valence-corrected chi connectivity index (χ3v) is 10.8. The second kappa shape index (κ2) is 12.4. The van der Waals surface area contributed by atoms with Crippen LogP contribution in [0.5, 0.6) is 0 Å². The summed E-state index contributed by atoms with van der Waals surface area (Å²) in [6.45, 7) is 4.92. The monoisotopic (exact) mass is 635 g/mol. The molecule has 8 rings (SSSR count). The normalized spacial score (nSPS) is 21.5. The van der Waals surface area contributed by atoms with Crippen LogP contribution in [0.15, 0.2) is 109 Å². The maximum atomic E-state index is 9.30. The molecule has 2 aliphatic rings. The Bertz CT molecular complexity index is 2160. The van der Waals surface area contributed by atoms with E-state index in [1.54, 1.807) is 29.8 Å². The van der Waals surface area contributed by atoms with E-state index in [0.29, 0.717) is 28.6 Å². The van der Waals surface area contributed by atoms with Gasteiger partial charge in [0.15, 0.2) is 17.5 Å². The van der Waals surface area contributed by atoms with Gasteiger partial charge < -0.3 is 0 Å². The summed E-state index contributed by atoms with van der Waals surface area (Å²) in [5.41, 5.74) is 7.83. The number of aromatic nitrogens is 3. The molecular weight excluding hydrogens is 599 g/mol. The number of hydrogen-bond donors (Lipinski definition) is 0. The number of nitrogens with zero attached hydrogens (tertiary/aromatic N) is 5. The summed E-state index contributed by atoms with van der Waals surface area (Å²) in [5, 5.41) is 21.3. The molecule has 2 fully saturated rings. The molecule has 2 bridgehead atoms. The average Bonchev–Trinajstić information content (AvgIpc) is 3.13. The fourth-order valence-corrected chi connectivity index (χ4v) is 9.00. The molecule has 0 N–H and O–H groups in total. The Kier molecular flexibility index (Phi) is 7.77. The number of fused-ring (bicyclic) bond motifs is 3. The van der Waals surface area contributed by atoms with Crippen LogP contribution in [0.4, 0.5) is 0 Å². The summed E-state index contributed by atoms with van der Waals surface area (Å²) >= 11 is 0. The molecule has 6 aromatic rings. The lowest BCUT2D eigenvalue weighted by Gasteiger charge is -2.51. The van der Waals surface area contributed by atoms with Crippen molar-refractivity contribution in [2.24, 2.45) is 17.8 Å². The minimum absolute atomic E-state index is 0.264. The van der Waals surface area contributed by atoms with E-state index < -0.39 is 0 Å². The van der Waals surface area contributed by atoms with Crippen molar-refractivity contribution < 1.29 is 0 Å². The molecule has 2 aliphatic carbocycles. The van der Waals surface area contributed by atoms with Crippen LogP contribution >= 0.6 is 0 Å². The smallest absolute Gasteiger partial charge is 0.164 e. The summed E-state index contributed by atoms with van der Waals surface area (Å²) in [6, 6.07) is 41.2. The zero-order valence-electron chi connectivity index (χ0n) is 27.9. The SMILES string of the molecule is C[C@@H]1C[C@@H]2C[C@H](C)CC(c3ccc(-c4ccc(-c5nc(-c6ccc(C#N)cc6)nc(-c6ccc(C#N)cc6)n5)cc4)c4ccccc34)(C1)C2. The molecule has 1 aromatic heterocycles. The zero-order valence-corrected chi connectivity index (χ0v) is 27.9. The van der Waals surface area contributed by atoms with Gasteiger partial charge in [0.2, 0.25) is 0 Å². The van der Waals surface area contributed by atoms with Crippen molar-refractivity contribution in [3.8, 4) is 57.4 Å². The van der Waals surface area contributed by atoms with Crippen LogP contribution in [0, 0.1) is 40.4 Å². The lowest BCUT2D eigenvalue weighted by Crippen LogP contribution is -2.42. The van der Waals surface area contributed by atoms with Gasteiger partial charge in [0.1, 0.15) is 0 Å². The lowest BCUT2D eigenvalue weighted by atomic mass is 9.54. The van der Waals surface area contributed by atoms with E-state index in [9.17, 15) is 10.5 Å². The Morgan fingerprint density at radius 2 is 0.980 bits per heavy atom. The molecule has 0 aliphatic heterocycles. The molecule has 5 aromatic carbocycles. The minimum atomic E-state index is 0.264. The average molecular weight is 636 g/mol. The highest BCUT2D eigenvalue weighted by molar-refractivity contribution is 5.99. The summed E-state index contributed by atoms with van der Waals surface area (Å²) in [5.74, 6) is 3.98. The van der Waals surface area contributed by atoms with Crippen LogP contribution in [-0.2, 0) is 5.41 Å². The van der Waals surface area contributed by atoms with Gasteiger partial charge in [0.25, 0.3) is 0 Å². The highest BCUT2D eigenvalue weighted by atomic mass is 15.0. The molecular formula is C44H37N5. The summed E-state index contributed by atoms with van der Waals surface area (Å²) in [4.78, 5) is 14.6. The van der Waals surface area contributed by atoms with E-state index in [2.05, 4.69) is 86.6 Å². The predicted octanol–water partition coefficient (Wildman–Crippen LogP) is 10.5. The quantitative estimate of drug-likeness (QED) is 0.188. The van der Waals surface area contributed by atoms with Gasteiger partial charge in [0.05, 0.1) is 23.3 Å². The fraction of sp³-hybridized carbons (Fsp3) is 0.250. The van der Waals surface area contributed by atoms with E-state index in [0.717, 1.165) is 40.0 Å². The second-order valence-electron chi connectivity index (χ2n) is 14.4. The van der Waals surface area contributed by atoms with Crippen molar-refractivity contribution in [1.82, 2.24) is 15.0 Å². The lowest BCUT2D eigenvalue weighted by molar-refractivity contribution is 0.0790. The standard InChI is InChI=1S/C44H37N5/c1-28-21-32-22-29(2)24-44(23-28,25-32)40-20-19-37(38-5-3-4-6-39(38)40)33-15-17-36(18-16-33)43-48-41(34-11-7-30(26-45)8-12-34)47-42(49-43)35-13-9-31(27-46)10-14-35/h3-20,28-29,32H,21-25H2,1-2H3/t28-,29+,32-,44?. The van der Waals surface area contributed by atoms with Gasteiger partial charge >= 0.3 is 0 Å². The largest absolute Gasteiger partial charge is 0.208 e. The summed E-state index contributed by atoms with van der Waals surface area (Å²) in [6.07, 6.45) is 6.64. The molecule has 1 unspecified atom stereocenters. The molecule has 5 heteroatoms. The van der Waals surface area contributed by atoms with Gasteiger partial charge in [-0.25, -0.2) is 15.0 Å². The molecule has 238 valence electrons. The highest BCUT2D eigenvalue weighted by Crippen LogP contribution is 2.55. The number of benzene rings is 5. The molecule has 0 saturated heterocycles. The second-order valence-corrected chi connectivity index (χ2v) is 14.4. The van der Waals surface area contributed by atoms with E-state index >= 15 is 0 Å². The topological polar surface area (TPSA) is 86.2 Å². The van der Waals surface area contributed by atoms with Gasteiger partial charge in [-0.05, 0) is 131 Å². The first kappa shape index (κ1) is 30.7. The fourth-order valence-electron chi connectivity index (χ4n) is 9.00. The van der Waals surface area contributed by atoms with Crippen molar-refractivity contribution in [3.63, 3.8) is 0 Å². The molecule has 1 heterocycles. The molecule has 49 heavy (non-hydrogen) atoms. The van der Waals surface area contributed by atoms with Crippen LogP contribution in [0.2, 0.25) is 0 Å². The Labute approximate surface area is 288 Å². The molecule has 0 radical (unpaired) electrons. The Hall–Kier alpha value is -5.65. The third-order valence-electron chi connectivity index (χ3n) is 10.8. The predicted molar refractivity (Wildman–Crippen MR) is 195 cm³/mol. The first-order chi connectivity index (χ1) is 23.9. The van der Waals surface area contributed by atoms with Crippen molar-refractivity contribution in [3.05, 3.63) is 126 Å². The van der Waals surface area contributed by atoms with E-state index in [1.807, 2.05) is 24.3 Å². The van der Waals surface area contributed by atoms with Gasteiger partial charge in [-0.2, -0.15) is 10.5 Å². The van der Waals surface area contributed by atoms with Crippen molar-refractivity contribution in [1.29, 1.82) is 10.5 Å². The van der Waals surface area contributed by atoms with Gasteiger partial charge in [0, 0.05) is 16.7 Å². The van der Waals surface area contributed by atoms with Crippen LogP contribution < -0.4 is 0 Å². The first-order valence-electron chi connectivity index (χ1n) is 17.3. The van der Waals surface area contributed by atoms with Crippen molar-refractivity contribution in [2.75, 3.05) is 0 Å². The Morgan fingerprint density at radius 3 is 1.47 bits per heavy atom. The number of nitriles is 2. The number of hydrogen-bond acceptors (Lipinski definition) is 5. The minimum Gasteiger partial charge on any atom is -0.208 e. The van der Waals surface area contributed by atoms with Crippen LogP contribution in [0.3, 0.4) is 0 Å². The third kappa shape index (κ3) is 5.77. The molecule has 4 atom stereocenters. The first-order valence-corrected chi connectivity index (χ1v) is 17.3. The van der Waals surface area contributed by atoms with Crippen molar-refractivity contribution >= 4 is 10.8 Å². The van der Waals surface area contributed by atoms with E-state index in [-0.39, 0.29) is 5.41 Å². The molecule has 0 amide bonds. The van der Waals surface area contributed by atoms with Crippen molar-refractivity contribution in [2.45, 2.75) is 51.4 Å². The summed E-state index contributed by atoms with van der Waals surface area (Å²) in [7, 11) is 0. The highest BCUT2D eigenvalue weighted by Gasteiger charge is 2.45. The zero-order chi connectivity index (χ0) is 33.5. The number of rotatable bonds is 5. The van der Waals surface area contributed by atoms with Crippen LogP contribution in [-0.4, -0.2) is 15.0 Å². The van der Waals surface area contributed by atoms with Gasteiger partial charge in [-0.3, -0.25) is 0 Å². The molecule has 5 nitrogen and oxygen atoms in total. The van der Waals surface area contributed by atoms with E-state index in [4.69, 9.17) is 15.0 Å². The van der Waals surface area contributed by atoms with E-state index in [1.165, 1.54) is 48.4 Å². The molecule has 2 saturated carbocycles. The van der Waals surface area contributed by atoms with Gasteiger partial charge in [-0.15, -0.1) is 0 Å². The molecule has 0 spiro atoms. The Morgan fingerprint density at radius 1 is 0.531 bits per heavy atom. The van der Waals surface area contributed by atoms with Crippen LogP contribution in [0.1, 0.15) is 62.6 Å². The summed E-state index contributed by atoms with van der Waals surface area (Å²) < 4.78 is 0. The maximum Gasteiger partial charge on any atom is 0.164 e. The van der Waals surface area contributed by atoms with Crippen LogP contribution in [0.25, 0.3) is 56.1 Å².